The zero-order valence-electron chi connectivity index (χ0n) is 7.91. The largest absolute Gasteiger partial charge is 0.419 e. The predicted octanol–water partition coefficient (Wildman–Crippen LogP) is 2.99. The van der Waals surface area contributed by atoms with Crippen LogP contribution in [-0.4, -0.2) is 20.0 Å². The third kappa shape index (κ3) is 2.20. The van der Waals surface area contributed by atoms with Gasteiger partial charge in [-0.1, -0.05) is 28.4 Å². The van der Waals surface area contributed by atoms with Crippen molar-refractivity contribution < 1.29 is 13.2 Å². The Bertz CT molecular complexity index is 538. The normalized spacial score (nSPS) is 11.8. The summed E-state index contributed by atoms with van der Waals surface area (Å²) in [5.74, 6) is -0.180. The number of aromatic nitrogens is 4. The molecule has 0 fully saturated rings. The van der Waals surface area contributed by atoms with E-state index in [0.29, 0.717) is 0 Å². The van der Waals surface area contributed by atoms with E-state index >= 15 is 0 Å². The van der Waals surface area contributed by atoms with Crippen LogP contribution < -0.4 is 0 Å². The number of rotatable bonds is 1. The minimum absolute atomic E-state index is 0.180. The molecule has 4 nitrogen and oxygen atoms in total. The first kappa shape index (κ1) is 12.1. The molecule has 9 heteroatoms. The minimum atomic E-state index is -4.66. The smallest absolute Gasteiger partial charge is 0.234 e. The maximum Gasteiger partial charge on any atom is 0.419 e. The number of halogens is 5. The van der Waals surface area contributed by atoms with Crippen LogP contribution in [0.5, 0.6) is 0 Å². The SMILES string of the molecule is FC(F)(F)c1c(Cl)cnc(-n2ccnn2)c1Cl. The molecule has 0 amide bonds. The summed E-state index contributed by atoms with van der Waals surface area (Å²) < 4.78 is 39.1. The lowest BCUT2D eigenvalue weighted by molar-refractivity contribution is -0.137. The van der Waals surface area contributed by atoms with Gasteiger partial charge in [-0.05, 0) is 0 Å². The summed E-state index contributed by atoms with van der Waals surface area (Å²) in [6.45, 7) is 0. The molecule has 17 heavy (non-hydrogen) atoms. The fourth-order valence-corrected chi connectivity index (χ4v) is 1.84. The molecule has 0 spiro atoms. The molecular formula is C8H3Cl2F3N4. The van der Waals surface area contributed by atoms with Gasteiger partial charge >= 0.3 is 6.18 Å². The Morgan fingerprint density at radius 1 is 1.24 bits per heavy atom. The summed E-state index contributed by atoms with van der Waals surface area (Å²) in [5.41, 5.74) is -1.14. The molecule has 0 saturated carbocycles. The Morgan fingerprint density at radius 3 is 2.47 bits per heavy atom. The summed E-state index contributed by atoms with van der Waals surface area (Å²) >= 11 is 11.1. The maximum absolute atomic E-state index is 12.7. The van der Waals surface area contributed by atoms with Gasteiger partial charge in [-0.25, -0.2) is 9.67 Å². The number of hydrogen-bond acceptors (Lipinski definition) is 3. The minimum Gasteiger partial charge on any atom is -0.234 e. The monoisotopic (exact) mass is 282 g/mol. The Labute approximate surface area is 103 Å². The molecule has 0 aromatic carbocycles. The van der Waals surface area contributed by atoms with E-state index in [1.165, 1.54) is 12.4 Å². The van der Waals surface area contributed by atoms with Crippen LogP contribution in [0.3, 0.4) is 0 Å². The second-order valence-electron chi connectivity index (χ2n) is 2.96. The van der Waals surface area contributed by atoms with Crippen molar-refractivity contribution in [1.82, 2.24) is 20.0 Å². The number of hydrogen-bond donors (Lipinski definition) is 0. The van der Waals surface area contributed by atoms with Crippen LogP contribution in [0.2, 0.25) is 10.0 Å². The number of alkyl halides is 3. The van der Waals surface area contributed by atoms with Crippen molar-refractivity contribution in [3.63, 3.8) is 0 Å². The van der Waals surface area contributed by atoms with Crippen LogP contribution in [0, 0.1) is 0 Å². The third-order valence-electron chi connectivity index (χ3n) is 1.88. The van der Waals surface area contributed by atoms with Crippen LogP contribution in [0.25, 0.3) is 5.82 Å². The maximum atomic E-state index is 12.7. The van der Waals surface area contributed by atoms with Crippen LogP contribution in [-0.2, 0) is 6.18 Å². The highest BCUT2D eigenvalue weighted by Crippen LogP contribution is 2.40. The van der Waals surface area contributed by atoms with E-state index < -0.39 is 21.8 Å². The zero-order chi connectivity index (χ0) is 12.6. The second kappa shape index (κ2) is 4.15. The molecule has 0 unspecified atom stereocenters. The summed E-state index contributed by atoms with van der Waals surface area (Å²) in [6, 6.07) is 0. The van der Waals surface area contributed by atoms with Gasteiger partial charge in [0.15, 0.2) is 5.82 Å². The molecule has 2 heterocycles. The fourth-order valence-electron chi connectivity index (χ4n) is 1.20. The van der Waals surface area contributed by atoms with E-state index in [0.717, 1.165) is 10.9 Å². The van der Waals surface area contributed by atoms with Gasteiger partial charge < -0.3 is 0 Å². The highest BCUT2D eigenvalue weighted by Gasteiger charge is 2.37. The van der Waals surface area contributed by atoms with Crippen molar-refractivity contribution in [2.45, 2.75) is 6.18 Å². The topological polar surface area (TPSA) is 43.6 Å². The second-order valence-corrected chi connectivity index (χ2v) is 3.75. The highest BCUT2D eigenvalue weighted by atomic mass is 35.5. The predicted molar refractivity (Wildman–Crippen MR) is 54.2 cm³/mol. The van der Waals surface area contributed by atoms with Gasteiger partial charge in [0.05, 0.1) is 28.0 Å². The van der Waals surface area contributed by atoms with E-state index in [2.05, 4.69) is 15.3 Å². The van der Waals surface area contributed by atoms with Crippen LogP contribution in [0.15, 0.2) is 18.6 Å². The quantitative estimate of drug-likeness (QED) is 0.808. The molecule has 2 aromatic rings. The summed E-state index contributed by atoms with van der Waals surface area (Å²) in [5, 5.41) is 5.78. The number of pyridine rings is 1. The van der Waals surface area contributed by atoms with Gasteiger partial charge in [-0.3, -0.25) is 0 Å². The van der Waals surface area contributed by atoms with Crippen molar-refractivity contribution in [3.05, 3.63) is 34.2 Å². The summed E-state index contributed by atoms with van der Waals surface area (Å²) in [6.07, 6.45) is -1.18. The van der Waals surface area contributed by atoms with Crippen molar-refractivity contribution in [2.75, 3.05) is 0 Å². The fraction of sp³-hybridized carbons (Fsp3) is 0.125. The number of nitrogens with zero attached hydrogens (tertiary/aromatic N) is 4. The molecule has 0 aliphatic carbocycles. The van der Waals surface area contributed by atoms with E-state index in [1.54, 1.807) is 0 Å². The Kier molecular flexibility index (Phi) is 2.96. The molecule has 0 N–H and O–H groups in total. The van der Waals surface area contributed by atoms with Gasteiger partial charge in [0, 0.05) is 6.20 Å². The molecule has 90 valence electrons. The van der Waals surface area contributed by atoms with Gasteiger partial charge in [0.2, 0.25) is 0 Å². The average Bonchev–Trinajstić information content (AvgIpc) is 2.68. The molecular weight excluding hydrogens is 280 g/mol. The Morgan fingerprint density at radius 2 is 1.94 bits per heavy atom. The first-order valence-corrected chi connectivity index (χ1v) is 4.94. The van der Waals surface area contributed by atoms with Crippen molar-refractivity contribution in [3.8, 4) is 5.82 Å². The third-order valence-corrected chi connectivity index (χ3v) is 2.52. The van der Waals surface area contributed by atoms with Gasteiger partial charge in [0.1, 0.15) is 0 Å². The van der Waals surface area contributed by atoms with E-state index in [-0.39, 0.29) is 5.82 Å². The average molecular weight is 283 g/mol. The molecule has 0 atom stereocenters. The summed E-state index contributed by atoms with van der Waals surface area (Å²) in [4.78, 5) is 3.69. The van der Waals surface area contributed by atoms with Crippen molar-refractivity contribution in [2.24, 2.45) is 0 Å². The van der Waals surface area contributed by atoms with Gasteiger partial charge in [-0.2, -0.15) is 13.2 Å². The molecule has 0 aliphatic rings. The molecule has 0 saturated heterocycles. The van der Waals surface area contributed by atoms with Crippen LogP contribution in [0.1, 0.15) is 5.56 Å². The van der Waals surface area contributed by atoms with Gasteiger partial charge in [-0.15, -0.1) is 5.10 Å². The van der Waals surface area contributed by atoms with E-state index in [4.69, 9.17) is 23.2 Å². The molecule has 0 aliphatic heterocycles. The van der Waals surface area contributed by atoms with E-state index in [9.17, 15) is 13.2 Å². The lowest BCUT2D eigenvalue weighted by Crippen LogP contribution is -2.11. The van der Waals surface area contributed by atoms with Gasteiger partial charge in [0.25, 0.3) is 0 Å². The highest BCUT2D eigenvalue weighted by molar-refractivity contribution is 6.37. The van der Waals surface area contributed by atoms with E-state index in [1.807, 2.05) is 0 Å². The first-order valence-electron chi connectivity index (χ1n) is 4.19. The van der Waals surface area contributed by atoms with Crippen LogP contribution >= 0.6 is 23.2 Å². The molecule has 2 aromatic heterocycles. The molecule has 0 bridgehead atoms. The lowest BCUT2D eigenvalue weighted by Gasteiger charge is -2.12. The van der Waals surface area contributed by atoms with Crippen molar-refractivity contribution >= 4 is 23.2 Å². The first-order chi connectivity index (χ1) is 7.91. The molecule has 2 rings (SSSR count). The standard InChI is InChI=1S/C8H3Cl2F3N4/c9-4-3-14-7(17-2-1-15-16-17)6(10)5(4)8(11,12)13/h1-3H. The zero-order valence-corrected chi connectivity index (χ0v) is 9.42. The Balaban J connectivity index is 2.66. The van der Waals surface area contributed by atoms with Crippen molar-refractivity contribution in [1.29, 1.82) is 0 Å². The lowest BCUT2D eigenvalue weighted by atomic mass is 10.2. The Hall–Kier alpha value is -1.34. The summed E-state index contributed by atoms with van der Waals surface area (Å²) in [7, 11) is 0. The molecule has 0 radical (unpaired) electrons. The van der Waals surface area contributed by atoms with Crippen LogP contribution in [0.4, 0.5) is 13.2 Å².